The van der Waals surface area contributed by atoms with Crippen LogP contribution in [0.4, 0.5) is 14.9 Å². The third-order valence-electron chi connectivity index (χ3n) is 6.19. The fourth-order valence-electron chi connectivity index (χ4n) is 5.11. The standard InChI is InChI=1S/C19H19FN4O6/c1-7-5-24-13-9(3-10-11(6-25)23-30-14(10)12(13)20)4-19(15(24)8(2)29-7)16(26)21-18(28)22-17(19)27/h3,7-8,15,25H,4-6H2,1-2H3,(H2,21,22,26,27,28)/t7-,8+,15-/m1/s1. The lowest BCUT2D eigenvalue weighted by Gasteiger charge is -2.55. The molecule has 2 aromatic rings. The number of anilines is 1. The van der Waals surface area contributed by atoms with Crippen molar-refractivity contribution in [1.29, 1.82) is 0 Å². The average molecular weight is 418 g/mol. The highest BCUT2D eigenvalue weighted by atomic mass is 19.1. The third kappa shape index (κ3) is 2.30. The molecule has 0 unspecified atom stereocenters. The molecule has 2 fully saturated rings. The molecule has 0 radical (unpaired) electrons. The van der Waals surface area contributed by atoms with Crippen molar-refractivity contribution in [1.82, 2.24) is 15.8 Å². The Morgan fingerprint density at radius 3 is 2.67 bits per heavy atom. The van der Waals surface area contributed by atoms with Crippen LogP contribution in [0.1, 0.15) is 25.1 Å². The molecule has 2 saturated heterocycles. The number of halogens is 1. The number of amides is 4. The lowest BCUT2D eigenvalue weighted by Crippen LogP contribution is -2.75. The number of benzene rings is 1. The number of nitrogens with one attached hydrogen (secondary N) is 2. The van der Waals surface area contributed by atoms with Gasteiger partial charge in [0.2, 0.25) is 17.4 Å². The predicted molar refractivity (Wildman–Crippen MR) is 98.9 cm³/mol. The van der Waals surface area contributed by atoms with E-state index in [0.29, 0.717) is 5.56 Å². The van der Waals surface area contributed by atoms with E-state index in [9.17, 15) is 19.5 Å². The molecule has 0 bridgehead atoms. The summed E-state index contributed by atoms with van der Waals surface area (Å²) in [5.74, 6) is -2.19. The Balaban J connectivity index is 1.79. The molecule has 11 heteroatoms. The van der Waals surface area contributed by atoms with Gasteiger partial charge in [-0.15, -0.1) is 0 Å². The number of nitrogens with zero attached hydrogens (tertiary/aromatic N) is 2. The van der Waals surface area contributed by atoms with Crippen molar-refractivity contribution in [2.45, 2.75) is 45.1 Å². The number of imide groups is 2. The summed E-state index contributed by atoms with van der Waals surface area (Å²) in [4.78, 5) is 39.5. The summed E-state index contributed by atoms with van der Waals surface area (Å²) in [5, 5.41) is 17.8. The summed E-state index contributed by atoms with van der Waals surface area (Å²) in [5.41, 5.74) is -1.06. The Bertz CT molecular complexity index is 1090. The first-order valence-corrected chi connectivity index (χ1v) is 9.57. The maximum atomic E-state index is 15.6. The van der Waals surface area contributed by atoms with E-state index in [0.717, 1.165) is 0 Å². The van der Waals surface area contributed by atoms with E-state index >= 15 is 4.39 Å². The highest BCUT2D eigenvalue weighted by Crippen LogP contribution is 2.49. The maximum Gasteiger partial charge on any atom is 0.328 e. The molecule has 5 rings (SSSR count). The van der Waals surface area contributed by atoms with Crippen LogP contribution in [0.5, 0.6) is 0 Å². The fourth-order valence-corrected chi connectivity index (χ4v) is 5.11. The van der Waals surface area contributed by atoms with Gasteiger partial charge < -0.3 is 19.3 Å². The van der Waals surface area contributed by atoms with Gasteiger partial charge in [0.25, 0.3) is 0 Å². The third-order valence-corrected chi connectivity index (χ3v) is 6.19. The molecule has 158 valence electrons. The van der Waals surface area contributed by atoms with Crippen molar-refractivity contribution in [3.05, 3.63) is 23.1 Å². The number of fused-ring (bicyclic) bond motifs is 5. The number of carbonyl (C=O) groups excluding carboxylic acids is 3. The summed E-state index contributed by atoms with van der Waals surface area (Å²) < 4.78 is 26.6. The second kappa shape index (κ2) is 6.22. The van der Waals surface area contributed by atoms with Crippen molar-refractivity contribution in [3.8, 4) is 0 Å². The summed E-state index contributed by atoms with van der Waals surface area (Å²) >= 11 is 0. The van der Waals surface area contributed by atoms with E-state index in [1.165, 1.54) is 0 Å². The lowest BCUT2D eigenvalue weighted by molar-refractivity contribution is -0.153. The Hall–Kier alpha value is -3.05. The monoisotopic (exact) mass is 418 g/mol. The van der Waals surface area contributed by atoms with Gasteiger partial charge in [-0.25, -0.2) is 9.18 Å². The SMILES string of the molecule is C[C@@H]1CN2c3c(cc4c(CO)noc4c3F)CC3(C(=O)NC(=O)NC3=O)[C@H]2[C@H](C)O1. The normalized spacial score (nSPS) is 27.7. The number of ether oxygens (including phenoxy) is 1. The van der Waals surface area contributed by atoms with Crippen molar-refractivity contribution in [2.75, 3.05) is 11.4 Å². The van der Waals surface area contributed by atoms with Crippen LogP contribution in [-0.2, 0) is 27.4 Å². The molecule has 4 heterocycles. The van der Waals surface area contributed by atoms with Crippen LogP contribution in [0.25, 0.3) is 11.0 Å². The fraction of sp³-hybridized carbons (Fsp3) is 0.474. The van der Waals surface area contributed by atoms with Gasteiger partial charge in [-0.05, 0) is 25.5 Å². The number of hydrogen-bond acceptors (Lipinski definition) is 8. The highest BCUT2D eigenvalue weighted by molar-refractivity contribution is 6.20. The Kier molecular flexibility index (Phi) is 3.93. The van der Waals surface area contributed by atoms with Crippen LogP contribution in [0.2, 0.25) is 0 Å². The van der Waals surface area contributed by atoms with E-state index in [-0.39, 0.29) is 41.4 Å². The zero-order chi connectivity index (χ0) is 21.4. The molecule has 4 amide bonds. The number of aromatic nitrogens is 1. The number of aliphatic hydroxyl groups is 1. The molecule has 1 aromatic carbocycles. The molecular weight excluding hydrogens is 399 g/mol. The minimum Gasteiger partial charge on any atom is -0.390 e. The van der Waals surface area contributed by atoms with Crippen LogP contribution >= 0.6 is 0 Å². The van der Waals surface area contributed by atoms with Gasteiger partial charge in [-0.2, -0.15) is 0 Å². The van der Waals surface area contributed by atoms with Crippen LogP contribution < -0.4 is 15.5 Å². The highest BCUT2D eigenvalue weighted by Gasteiger charge is 2.63. The molecular formula is C19H19FN4O6. The minimum atomic E-state index is -1.70. The average Bonchev–Trinajstić information content (AvgIpc) is 3.08. The molecule has 3 atom stereocenters. The Morgan fingerprint density at radius 1 is 1.30 bits per heavy atom. The van der Waals surface area contributed by atoms with Gasteiger partial charge in [0.15, 0.2) is 11.2 Å². The number of urea groups is 1. The van der Waals surface area contributed by atoms with Gasteiger partial charge in [-0.3, -0.25) is 20.2 Å². The molecule has 1 spiro atoms. The largest absolute Gasteiger partial charge is 0.390 e. The maximum absolute atomic E-state index is 15.6. The number of barbiturate groups is 1. The second-order valence-corrected chi connectivity index (χ2v) is 8.00. The molecule has 3 N–H and O–H groups in total. The number of rotatable bonds is 1. The minimum absolute atomic E-state index is 0.105. The lowest BCUT2D eigenvalue weighted by atomic mass is 9.66. The zero-order valence-corrected chi connectivity index (χ0v) is 16.2. The van der Waals surface area contributed by atoms with E-state index in [2.05, 4.69) is 15.8 Å². The number of hydrogen-bond donors (Lipinski definition) is 3. The van der Waals surface area contributed by atoms with Crippen LogP contribution in [-0.4, -0.2) is 52.9 Å². The molecule has 3 aliphatic heterocycles. The van der Waals surface area contributed by atoms with Gasteiger partial charge in [0.05, 0.1) is 35.9 Å². The van der Waals surface area contributed by atoms with Gasteiger partial charge in [0.1, 0.15) is 5.69 Å². The van der Waals surface area contributed by atoms with Crippen molar-refractivity contribution in [2.24, 2.45) is 5.41 Å². The Morgan fingerprint density at radius 2 is 2.00 bits per heavy atom. The van der Waals surface area contributed by atoms with Crippen molar-refractivity contribution in [3.63, 3.8) is 0 Å². The summed E-state index contributed by atoms with van der Waals surface area (Å²) in [6.07, 6.45) is -1.06. The zero-order valence-electron chi connectivity index (χ0n) is 16.2. The summed E-state index contributed by atoms with van der Waals surface area (Å²) in [7, 11) is 0. The van der Waals surface area contributed by atoms with Crippen molar-refractivity contribution < 1.29 is 33.1 Å². The van der Waals surface area contributed by atoms with Crippen LogP contribution in [0, 0.1) is 11.2 Å². The van der Waals surface area contributed by atoms with E-state index in [1.54, 1.807) is 17.9 Å². The van der Waals surface area contributed by atoms with Crippen LogP contribution in [0.15, 0.2) is 10.6 Å². The smallest absolute Gasteiger partial charge is 0.328 e. The number of aliphatic hydroxyl groups excluding tert-OH is 1. The molecule has 10 nitrogen and oxygen atoms in total. The Labute approximate surface area is 169 Å². The molecule has 30 heavy (non-hydrogen) atoms. The van der Waals surface area contributed by atoms with E-state index in [1.807, 2.05) is 6.92 Å². The van der Waals surface area contributed by atoms with Crippen molar-refractivity contribution >= 4 is 34.5 Å². The molecule has 0 saturated carbocycles. The first kappa shape index (κ1) is 18.9. The summed E-state index contributed by atoms with van der Waals surface area (Å²) in [6, 6.07) is -0.161. The number of morpholine rings is 1. The van der Waals surface area contributed by atoms with Gasteiger partial charge in [0, 0.05) is 13.0 Å². The quantitative estimate of drug-likeness (QED) is 0.565. The first-order valence-electron chi connectivity index (χ1n) is 9.57. The summed E-state index contributed by atoms with van der Waals surface area (Å²) in [6.45, 7) is 3.29. The van der Waals surface area contributed by atoms with Crippen LogP contribution in [0.3, 0.4) is 0 Å². The second-order valence-electron chi connectivity index (χ2n) is 8.00. The number of carbonyl (C=O) groups is 3. The molecule has 1 aromatic heterocycles. The van der Waals surface area contributed by atoms with Gasteiger partial charge >= 0.3 is 6.03 Å². The topological polar surface area (TPSA) is 134 Å². The van der Waals surface area contributed by atoms with E-state index in [4.69, 9.17) is 9.26 Å². The van der Waals surface area contributed by atoms with E-state index < -0.39 is 47.8 Å². The predicted octanol–water partition coefficient (Wildman–Crippen LogP) is 0.350. The molecule has 3 aliphatic rings. The van der Waals surface area contributed by atoms with Gasteiger partial charge in [-0.1, -0.05) is 5.16 Å². The molecule has 0 aliphatic carbocycles. The first-order chi connectivity index (χ1) is 14.3.